The Hall–Kier alpha value is -5.45. The van der Waals surface area contributed by atoms with Gasteiger partial charge in [-0.3, -0.25) is 23.9 Å². The van der Waals surface area contributed by atoms with Gasteiger partial charge in [-0.05, 0) is 67.0 Å². The van der Waals surface area contributed by atoms with Crippen molar-refractivity contribution in [2.24, 2.45) is 10.8 Å². The average molecular weight is 631 g/mol. The first kappa shape index (κ1) is 32.9. The molecular formula is C36H42N10O. The van der Waals surface area contributed by atoms with Crippen LogP contribution in [0, 0.1) is 10.8 Å². The molecule has 3 N–H and O–H groups in total. The molecule has 242 valence electrons. The Bertz CT molecular complexity index is 2060. The van der Waals surface area contributed by atoms with Crippen LogP contribution in [0.1, 0.15) is 59.9 Å². The Morgan fingerprint density at radius 3 is 1.74 bits per heavy atom. The zero-order valence-corrected chi connectivity index (χ0v) is 28.1. The van der Waals surface area contributed by atoms with Crippen LogP contribution in [-0.4, -0.2) is 44.9 Å². The molecule has 4 heterocycles. The normalized spacial score (nSPS) is 11.7. The highest BCUT2D eigenvalue weighted by Gasteiger charge is 2.16. The molecular weight excluding hydrogens is 588 g/mol. The third kappa shape index (κ3) is 8.43. The van der Waals surface area contributed by atoms with Gasteiger partial charge in [-0.1, -0.05) is 48.1 Å². The predicted molar refractivity (Wildman–Crippen MR) is 187 cm³/mol. The number of rotatable bonds is 6. The lowest BCUT2D eigenvalue weighted by atomic mass is 9.91. The number of aromatic nitrogens is 8. The first-order valence-corrected chi connectivity index (χ1v) is 15.4. The van der Waals surface area contributed by atoms with Gasteiger partial charge in [0, 0.05) is 29.3 Å². The quantitative estimate of drug-likeness (QED) is 0.149. The van der Waals surface area contributed by atoms with Crippen molar-refractivity contribution in [2.75, 3.05) is 11.1 Å². The van der Waals surface area contributed by atoms with E-state index in [4.69, 9.17) is 15.7 Å². The van der Waals surface area contributed by atoms with Crippen molar-refractivity contribution >= 4 is 39.3 Å². The summed E-state index contributed by atoms with van der Waals surface area (Å²) >= 11 is 0. The number of nitrogen functional groups attached to an aromatic ring is 1. The number of nitrogens with one attached hydrogen (secondary N) is 1. The van der Waals surface area contributed by atoms with Gasteiger partial charge in [0.15, 0.2) is 11.6 Å². The number of benzene rings is 2. The SMILES string of the molecule is C=C(C)C(=O)Nc1ccc2ncn(-c3cncc(CC(C)(C)C)n3)c2c1.CC(C)(C)Cc1cncc(-n2cnc3ccc(N)cc32)n1. The van der Waals surface area contributed by atoms with Gasteiger partial charge in [-0.25, -0.2) is 19.9 Å². The zero-order valence-electron chi connectivity index (χ0n) is 28.1. The molecule has 11 heteroatoms. The molecule has 0 fully saturated rings. The molecule has 0 aliphatic rings. The van der Waals surface area contributed by atoms with Crippen molar-refractivity contribution in [1.29, 1.82) is 0 Å². The molecule has 0 aliphatic carbocycles. The molecule has 2 aromatic carbocycles. The molecule has 0 atom stereocenters. The molecule has 4 aromatic heterocycles. The number of carbonyl (C=O) groups excluding carboxylic acids is 1. The van der Waals surface area contributed by atoms with Crippen molar-refractivity contribution in [2.45, 2.75) is 61.3 Å². The first-order valence-electron chi connectivity index (χ1n) is 15.4. The molecule has 0 saturated heterocycles. The van der Waals surface area contributed by atoms with E-state index in [0.717, 1.165) is 52.1 Å². The second kappa shape index (κ2) is 13.1. The number of nitrogens with two attached hydrogens (primary N) is 1. The molecule has 1 amide bonds. The maximum atomic E-state index is 11.9. The molecule has 0 saturated carbocycles. The topological polar surface area (TPSA) is 142 Å². The number of hydrogen-bond donors (Lipinski definition) is 2. The lowest BCUT2D eigenvalue weighted by Gasteiger charge is -2.17. The smallest absolute Gasteiger partial charge is 0.250 e. The molecule has 0 aliphatic heterocycles. The van der Waals surface area contributed by atoms with Gasteiger partial charge in [0.2, 0.25) is 0 Å². The van der Waals surface area contributed by atoms with Crippen molar-refractivity contribution in [1.82, 2.24) is 39.0 Å². The van der Waals surface area contributed by atoms with E-state index in [1.54, 1.807) is 38.2 Å². The number of carbonyl (C=O) groups is 1. The minimum Gasteiger partial charge on any atom is -0.399 e. The molecule has 0 unspecified atom stereocenters. The highest BCUT2D eigenvalue weighted by atomic mass is 16.1. The number of hydrogen-bond acceptors (Lipinski definition) is 8. The van der Waals surface area contributed by atoms with Gasteiger partial charge in [-0.2, -0.15) is 0 Å². The fraction of sp³-hybridized carbons (Fsp3) is 0.306. The number of anilines is 2. The summed E-state index contributed by atoms with van der Waals surface area (Å²) in [5.41, 5.74) is 13.4. The molecule has 0 radical (unpaired) electrons. The van der Waals surface area contributed by atoms with Gasteiger partial charge in [0.1, 0.15) is 12.7 Å². The van der Waals surface area contributed by atoms with Crippen LogP contribution >= 0.6 is 0 Å². The van der Waals surface area contributed by atoms with Crippen LogP contribution in [0.15, 0.2) is 86.0 Å². The molecule has 0 spiro atoms. The summed E-state index contributed by atoms with van der Waals surface area (Å²) in [4.78, 5) is 38.7. The van der Waals surface area contributed by atoms with Crippen molar-refractivity contribution in [3.05, 3.63) is 97.4 Å². The number of fused-ring (bicyclic) bond motifs is 2. The summed E-state index contributed by atoms with van der Waals surface area (Å²) < 4.78 is 3.80. The molecule has 11 nitrogen and oxygen atoms in total. The maximum Gasteiger partial charge on any atom is 0.250 e. The van der Waals surface area contributed by atoms with E-state index in [0.29, 0.717) is 22.8 Å². The third-order valence-corrected chi connectivity index (χ3v) is 7.02. The highest BCUT2D eigenvalue weighted by molar-refractivity contribution is 6.03. The van der Waals surface area contributed by atoms with Crippen LogP contribution in [0.3, 0.4) is 0 Å². The first-order chi connectivity index (χ1) is 22.1. The van der Waals surface area contributed by atoms with Gasteiger partial charge in [0.25, 0.3) is 5.91 Å². The second-order valence-corrected chi connectivity index (χ2v) is 14.1. The van der Waals surface area contributed by atoms with E-state index in [9.17, 15) is 4.79 Å². The summed E-state index contributed by atoms with van der Waals surface area (Å²) in [7, 11) is 0. The minimum absolute atomic E-state index is 0.129. The van der Waals surface area contributed by atoms with Crippen molar-refractivity contribution in [3.63, 3.8) is 0 Å². The molecule has 47 heavy (non-hydrogen) atoms. The standard InChI is InChI=1S/C20H23N5O.C16H19N5/c1-13(2)19(26)24-14-6-7-16-17(8-14)25(12-22-16)18-11-21-10-15(23-18)9-20(3,4)5;1-16(2,3)7-12-8-18-9-15(20-12)21-10-19-13-5-4-11(17)6-14(13)21/h6-8,10-12H,1,9H2,2-5H3,(H,24,26);4-6,8-10H,7,17H2,1-3H3. The van der Waals surface area contributed by atoms with Gasteiger partial charge < -0.3 is 11.1 Å². The fourth-order valence-electron chi connectivity index (χ4n) is 4.99. The maximum absolute atomic E-state index is 11.9. The van der Waals surface area contributed by atoms with E-state index in [-0.39, 0.29) is 16.7 Å². The summed E-state index contributed by atoms with van der Waals surface area (Å²) in [6.07, 6.45) is 12.3. The van der Waals surface area contributed by atoms with E-state index < -0.39 is 0 Å². The monoisotopic (exact) mass is 630 g/mol. The predicted octanol–water partition coefficient (Wildman–Crippen LogP) is 6.91. The minimum atomic E-state index is -0.206. The van der Waals surface area contributed by atoms with Crippen LogP contribution in [-0.2, 0) is 17.6 Å². The molecule has 0 bridgehead atoms. The zero-order chi connectivity index (χ0) is 33.9. The van der Waals surface area contributed by atoms with Crippen LogP contribution in [0.2, 0.25) is 0 Å². The summed E-state index contributed by atoms with van der Waals surface area (Å²) in [6.45, 7) is 18.4. The van der Waals surface area contributed by atoms with Crippen LogP contribution in [0.25, 0.3) is 33.7 Å². The summed E-state index contributed by atoms with van der Waals surface area (Å²) in [5.74, 6) is 1.27. The Balaban J connectivity index is 0.000000189. The fourth-order valence-corrected chi connectivity index (χ4v) is 4.99. The van der Waals surface area contributed by atoms with E-state index >= 15 is 0 Å². The second-order valence-electron chi connectivity index (χ2n) is 14.1. The van der Waals surface area contributed by atoms with Crippen LogP contribution in [0.4, 0.5) is 11.4 Å². The summed E-state index contributed by atoms with van der Waals surface area (Å²) in [5, 5.41) is 2.83. The Morgan fingerprint density at radius 1 is 0.766 bits per heavy atom. The van der Waals surface area contributed by atoms with E-state index in [1.165, 1.54) is 0 Å². The number of imidazole rings is 2. The number of nitrogens with zero attached hydrogens (tertiary/aromatic N) is 8. The van der Waals surface area contributed by atoms with Crippen LogP contribution < -0.4 is 11.1 Å². The van der Waals surface area contributed by atoms with Crippen molar-refractivity contribution in [3.8, 4) is 11.6 Å². The van der Waals surface area contributed by atoms with Crippen LogP contribution in [0.5, 0.6) is 0 Å². The Kier molecular flexibility index (Phi) is 9.19. The van der Waals surface area contributed by atoms with Gasteiger partial charge in [-0.15, -0.1) is 0 Å². The lowest BCUT2D eigenvalue weighted by Crippen LogP contribution is -2.12. The Labute approximate surface area is 275 Å². The molecule has 6 aromatic rings. The summed E-state index contributed by atoms with van der Waals surface area (Å²) in [6, 6.07) is 11.2. The average Bonchev–Trinajstić information content (AvgIpc) is 3.60. The van der Waals surface area contributed by atoms with Gasteiger partial charge >= 0.3 is 0 Å². The number of amides is 1. The third-order valence-electron chi connectivity index (χ3n) is 7.02. The Morgan fingerprint density at radius 2 is 1.26 bits per heavy atom. The van der Waals surface area contributed by atoms with E-state index in [1.807, 2.05) is 51.7 Å². The highest BCUT2D eigenvalue weighted by Crippen LogP contribution is 2.24. The lowest BCUT2D eigenvalue weighted by molar-refractivity contribution is -0.112. The van der Waals surface area contributed by atoms with E-state index in [2.05, 4.69) is 73.4 Å². The molecule has 6 rings (SSSR count). The largest absolute Gasteiger partial charge is 0.399 e. The van der Waals surface area contributed by atoms with Crippen molar-refractivity contribution < 1.29 is 4.79 Å². The van der Waals surface area contributed by atoms with Gasteiger partial charge in [0.05, 0.1) is 45.8 Å².